The van der Waals surface area contributed by atoms with Gasteiger partial charge in [-0.2, -0.15) is 0 Å². The average molecular weight is 298 g/mol. The van der Waals surface area contributed by atoms with Crippen LogP contribution in [0.25, 0.3) is 5.57 Å². The average Bonchev–Trinajstić information content (AvgIpc) is 2.78. The van der Waals surface area contributed by atoms with Crippen LogP contribution in [0.3, 0.4) is 0 Å². The largest absolute Gasteiger partial charge is 0.299 e. The fourth-order valence-corrected chi connectivity index (χ4v) is 3.42. The molecule has 1 aliphatic rings. The molecule has 0 aliphatic heterocycles. The molecule has 0 bridgehead atoms. The number of ketones is 1. The molecule has 1 aliphatic carbocycles. The molecule has 0 saturated heterocycles. The second kappa shape index (κ2) is 6.02. The van der Waals surface area contributed by atoms with E-state index in [2.05, 4.69) is 51.1 Å². The van der Waals surface area contributed by atoms with E-state index in [0.29, 0.717) is 5.78 Å². The van der Waals surface area contributed by atoms with E-state index < -0.39 is 0 Å². The number of Topliss-reactive ketones (excluding diaryl/α,β-unsaturated/α-hetero) is 1. The van der Waals surface area contributed by atoms with Crippen LogP contribution in [-0.4, -0.2) is 5.78 Å². The lowest BCUT2D eigenvalue weighted by molar-refractivity contribution is -0.131. The smallest absolute Gasteiger partial charge is 0.141 e. The topological polar surface area (TPSA) is 17.1 Å². The molecule has 0 aromatic heterocycles. The maximum absolute atomic E-state index is 12.9. The molecule has 0 radical (unpaired) electrons. The van der Waals surface area contributed by atoms with Crippen molar-refractivity contribution < 1.29 is 4.79 Å². The van der Waals surface area contributed by atoms with E-state index in [1.54, 1.807) is 0 Å². The normalized spacial score (nSPS) is 16.2. The highest BCUT2D eigenvalue weighted by atomic mass is 16.1. The molecule has 0 saturated carbocycles. The van der Waals surface area contributed by atoms with Crippen LogP contribution in [0, 0.1) is 16.7 Å². The third-order valence-corrected chi connectivity index (χ3v) is 4.37. The Balaban J connectivity index is 2.23. The van der Waals surface area contributed by atoms with Crippen molar-refractivity contribution in [3.05, 3.63) is 41.5 Å². The summed E-state index contributed by atoms with van der Waals surface area (Å²) in [4.78, 5) is 12.9. The molecule has 1 aromatic rings. The molecular formula is C21H30O. The predicted molar refractivity (Wildman–Crippen MR) is 94.8 cm³/mol. The SMILES string of the molecule is CC(C)(C)C[C@@H](CC1=CCc2ccccc21)C(=O)C(C)(C)C. The van der Waals surface area contributed by atoms with Crippen LogP contribution in [0.15, 0.2) is 30.3 Å². The van der Waals surface area contributed by atoms with Gasteiger partial charge in [0.25, 0.3) is 0 Å². The Kier molecular flexibility index (Phi) is 4.65. The minimum absolute atomic E-state index is 0.109. The molecule has 1 nitrogen and oxygen atoms in total. The Bertz CT molecular complexity index is 579. The molecule has 0 heterocycles. The molecule has 0 spiro atoms. The first-order chi connectivity index (χ1) is 10.1. The Morgan fingerprint density at radius 2 is 1.73 bits per heavy atom. The molecule has 0 unspecified atom stereocenters. The summed E-state index contributed by atoms with van der Waals surface area (Å²) in [5, 5.41) is 0. The van der Waals surface area contributed by atoms with Gasteiger partial charge in [0.15, 0.2) is 0 Å². The number of hydrogen-bond donors (Lipinski definition) is 0. The van der Waals surface area contributed by atoms with Crippen molar-refractivity contribution in [2.24, 2.45) is 16.7 Å². The standard InChI is InChI=1S/C21H30O/c1-20(2,3)14-17(19(22)21(4,5)6)13-16-12-11-15-9-7-8-10-18(15)16/h7-10,12,17H,11,13-14H2,1-6H3/t17-/m1/s1. The minimum Gasteiger partial charge on any atom is -0.299 e. The lowest BCUT2D eigenvalue weighted by Crippen LogP contribution is -2.31. The Hall–Kier alpha value is -1.37. The second-order valence-electron chi connectivity index (χ2n) is 8.87. The summed E-state index contributed by atoms with van der Waals surface area (Å²) in [7, 11) is 0. The molecule has 22 heavy (non-hydrogen) atoms. The van der Waals surface area contributed by atoms with Gasteiger partial charge in [0.05, 0.1) is 0 Å². The lowest BCUT2D eigenvalue weighted by Gasteiger charge is -2.30. The van der Waals surface area contributed by atoms with Crippen LogP contribution < -0.4 is 0 Å². The van der Waals surface area contributed by atoms with Crippen LogP contribution in [-0.2, 0) is 11.2 Å². The van der Waals surface area contributed by atoms with E-state index >= 15 is 0 Å². The minimum atomic E-state index is -0.269. The van der Waals surface area contributed by atoms with Gasteiger partial charge in [-0.25, -0.2) is 0 Å². The number of carbonyl (C=O) groups excluding carboxylic acids is 1. The summed E-state index contributed by atoms with van der Waals surface area (Å²) in [5.74, 6) is 0.505. The molecule has 0 fully saturated rings. The highest BCUT2D eigenvalue weighted by Gasteiger charge is 2.33. The van der Waals surface area contributed by atoms with Gasteiger partial charge < -0.3 is 0 Å². The van der Waals surface area contributed by atoms with Crippen molar-refractivity contribution in [2.45, 2.75) is 60.8 Å². The van der Waals surface area contributed by atoms with E-state index in [4.69, 9.17) is 0 Å². The first-order valence-electron chi connectivity index (χ1n) is 8.39. The maximum atomic E-state index is 12.9. The summed E-state index contributed by atoms with van der Waals surface area (Å²) in [6, 6.07) is 8.60. The second-order valence-corrected chi connectivity index (χ2v) is 8.87. The molecule has 2 rings (SSSR count). The third kappa shape index (κ3) is 4.09. The summed E-state index contributed by atoms with van der Waals surface area (Å²) in [6.07, 6.45) is 5.15. The van der Waals surface area contributed by atoms with Crippen molar-refractivity contribution in [1.82, 2.24) is 0 Å². The van der Waals surface area contributed by atoms with Crippen LogP contribution in [0.2, 0.25) is 0 Å². The highest BCUT2D eigenvalue weighted by Crippen LogP contribution is 2.38. The van der Waals surface area contributed by atoms with Gasteiger partial charge in [-0.1, -0.05) is 71.9 Å². The van der Waals surface area contributed by atoms with Crippen molar-refractivity contribution in [1.29, 1.82) is 0 Å². The van der Waals surface area contributed by atoms with Gasteiger partial charge in [0.1, 0.15) is 5.78 Å². The summed E-state index contributed by atoms with van der Waals surface area (Å²) >= 11 is 0. The van der Waals surface area contributed by atoms with Crippen LogP contribution in [0.5, 0.6) is 0 Å². The summed E-state index contributed by atoms with van der Waals surface area (Å²) < 4.78 is 0. The van der Waals surface area contributed by atoms with E-state index in [-0.39, 0.29) is 16.7 Å². The lowest BCUT2D eigenvalue weighted by atomic mass is 9.73. The molecule has 120 valence electrons. The van der Waals surface area contributed by atoms with Crippen LogP contribution in [0.4, 0.5) is 0 Å². The van der Waals surface area contributed by atoms with Gasteiger partial charge in [-0.05, 0) is 41.4 Å². The fourth-order valence-electron chi connectivity index (χ4n) is 3.42. The van der Waals surface area contributed by atoms with Gasteiger partial charge in [-0.15, -0.1) is 0 Å². The fraction of sp³-hybridized carbons (Fsp3) is 0.571. The number of hydrogen-bond acceptors (Lipinski definition) is 1. The number of carbonyl (C=O) groups is 1. The van der Waals surface area contributed by atoms with Crippen molar-refractivity contribution >= 4 is 11.4 Å². The van der Waals surface area contributed by atoms with Gasteiger partial charge in [0.2, 0.25) is 0 Å². The Morgan fingerprint density at radius 3 is 2.32 bits per heavy atom. The zero-order valence-corrected chi connectivity index (χ0v) is 15.0. The van der Waals surface area contributed by atoms with E-state index in [0.717, 1.165) is 19.3 Å². The number of allylic oxidation sites excluding steroid dienone is 2. The number of rotatable bonds is 4. The van der Waals surface area contributed by atoms with Crippen molar-refractivity contribution in [3.63, 3.8) is 0 Å². The van der Waals surface area contributed by atoms with Crippen molar-refractivity contribution in [3.8, 4) is 0 Å². The van der Waals surface area contributed by atoms with E-state index in [1.165, 1.54) is 16.7 Å². The Labute approximate surface area is 135 Å². The predicted octanol–water partition coefficient (Wildman–Crippen LogP) is 5.68. The molecule has 1 heteroatoms. The molecular weight excluding hydrogens is 268 g/mol. The van der Waals surface area contributed by atoms with Crippen LogP contribution >= 0.6 is 0 Å². The van der Waals surface area contributed by atoms with Gasteiger partial charge in [-0.3, -0.25) is 4.79 Å². The number of benzene rings is 1. The summed E-state index contributed by atoms with van der Waals surface area (Å²) in [5.41, 5.74) is 4.01. The zero-order valence-electron chi connectivity index (χ0n) is 15.0. The third-order valence-electron chi connectivity index (χ3n) is 4.37. The number of fused-ring (bicyclic) bond motifs is 1. The Morgan fingerprint density at radius 1 is 1.09 bits per heavy atom. The first kappa shape index (κ1) is 17.0. The molecule has 0 N–H and O–H groups in total. The van der Waals surface area contributed by atoms with E-state index in [9.17, 15) is 4.79 Å². The first-order valence-corrected chi connectivity index (χ1v) is 8.39. The van der Waals surface area contributed by atoms with Gasteiger partial charge >= 0.3 is 0 Å². The maximum Gasteiger partial charge on any atom is 0.141 e. The van der Waals surface area contributed by atoms with Crippen LogP contribution in [0.1, 0.15) is 65.5 Å². The highest BCUT2D eigenvalue weighted by molar-refractivity contribution is 5.88. The van der Waals surface area contributed by atoms with E-state index in [1.807, 2.05) is 20.8 Å². The molecule has 1 atom stereocenters. The summed E-state index contributed by atoms with van der Waals surface area (Å²) in [6.45, 7) is 12.8. The van der Waals surface area contributed by atoms with Crippen molar-refractivity contribution in [2.75, 3.05) is 0 Å². The molecule has 1 aromatic carbocycles. The monoisotopic (exact) mass is 298 g/mol. The van der Waals surface area contributed by atoms with Gasteiger partial charge in [0, 0.05) is 11.3 Å². The quantitative estimate of drug-likeness (QED) is 0.698. The molecule has 0 amide bonds. The zero-order chi connectivity index (χ0) is 16.5.